The molecule has 2 aromatic rings. The summed E-state index contributed by atoms with van der Waals surface area (Å²) in [5.41, 5.74) is 3.89. The normalized spacial score (nSPS) is 12.8. The third-order valence-electron chi connectivity index (χ3n) is 4.23. The molecule has 0 spiro atoms. The fraction of sp³-hybridized carbons (Fsp3) is 0.333. The summed E-state index contributed by atoms with van der Waals surface area (Å²) in [4.78, 5) is 12.6. The van der Waals surface area contributed by atoms with Gasteiger partial charge in [-0.25, -0.2) is 13.8 Å². The average molecular weight is 434 g/mol. The molecular formula is C21H27N3O5S. The van der Waals surface area contributed by atoms with E-state index in [-0.39, 0.29) is 16.6 Å². The van der Waals surface area contributed by atoms with Crippen LogP contribution in [-0.4, -0.2) is 38.3 Å². The summed E-state index contributed by atoms with van der Waals surface area (Å²) in [5.74, 6) is -0.582. The van der Waals surface area contributed by atoms with E-state index < -0.39 is 22.0 Å². The number of aryl methyl sites for hydroxylation is 1. The molecule has 0 aliphatic carbocycles. The highest BCUT2D eigenvalue weighted by Gasteiger charge is 2.28. The smallest absolute Gasteiger partial charge is 0.258 e. The first-order valence-electron chi connectivity index (χ1n) is 9.51. The summed E-state index contributed by atoms with van der Waals surface area (Å²) in [6.07, 6.45) is 1.38. The van der Waals surface area contributed by atoms with Gasteiger partial charge in [0.2, 0.25) is 10.0 Å². The van der Waals surface area contributed by atoms with Crippen molar-refractivity contribution in [3.05, 3.63) is 53.6 Å². The number of benzene rings is 2. The lowest BCUT2D eigenvalue weighted by Gasteiger charge is -2.20. The van der Waals surface area contributed by atoms with Crippen molar-refractivity contribution in [3.63, 3.8) is 0 Å². The van der Waals surface area contributed by atoms with Gasteiger partial charge in [-0.05, 0) is 55.7 Å². The molecule has 0 heterocycles. The van der Waals surface area contributed by atoms with Crippen molar-refractivity contribution in [1.29, 1.82) is 0 Å². The second-order valence-corrected chi connectivity index (χ2v) is 8.76. The Morgan fingerprint density at radius 3 is 2.47 bits per heavy atom. The lowest BCUT2D eigenvalue weighted by Crippen LogP contribution is -2.48. The molecule has 0 saturated carbocycles. The van der Waals surface area contributed by atoms with Crippen LogP contribution in [-0.2, 0) is 14.8 Å². The van der Waals surface area contributed by atoms with E-state index in [0.717, 1.165) is 5.56 Å². The Bertz CT molecular complexity index is 1000. The number of nitrogens with zero attached hydrogens (tertiary/aromatic N) is 1. The molecule has 1 amide bonds. The number of phenols is 1. The minimum Gasteiger partial charge on any atom is -0.504 e. The van der Waals surface area contributed by atoms with Gasteiger partial charge in [-0.1, -0.05) is 31.5 Å². The first-order valence-corrected chi connectivity index (χ1v) is 11.0. The van der Waals surface area contributed by atoms with Gasteiger partial charge in [0, 0.05) is 0 Å². The number of nitrogens with one attached hydrogen (secondary N) is 2. The Kier molecular flexibility index (Phi) is 7.96. The number of ether oxygens (including phenoxy) is 1. The predicted molar refractivity (Wildman–Crippen MR) is 115 cm³/mol. The van der Waals surface area contributed by atoms with Gasteiger partial charge in [0.05, 0.1) is 17.7 Å². The first kappa shape index (κ1) is 23.4. The highest BCUT2D eigenvalue weighted by molar-refractivity contribution is 7.89. The van der Waals surface area contributed by atoms with E-state index in [2.05, 4.69) is 15.2 Å². The Balaban J connectivity index is 2.09. The van der Waals surface area contributed by atoms with Crippen molar-refractivity contribution in [2.24, 2.45) is 11.0 Å². The Morgan fingerprint density at radius 2 is 1.87 bits per heavy atom. The average Bonchev–Trinajstić information content (AvgIpc) is 2.69. The summed E-state index contributed by atoms with van der Waals surface area (Å²) >= 11 is 0. The van der Waals surface area contributed by atoms with Crippen LogP contribution in [0.4, 0.5) is 0 Å². The van der Waals surface area contributed by atoms with Gasteiger partial charge < -0.3 is 9.84 Å². The van der Waals surface area contributed by atoms with Gasteiger partial charge in [0.15, 0.2) is 11.5 Å². The van der Waals surface area contributed by atoms with E-state index in [9.17, 15) is 18.3 Å². The molecule has 0 bridgehead atoms. The van der Waals surface area contributed by atoms with E-state index >= 15 is 0 Å². The van der Waals surface area contributed by atoms with E-state index in [0.29, 0.717) is 17.9 Å². The molecule has 9 heteroatoms. The van der Waals surface area contributed by atoms with Crippen LogP contribution in [0.15, 0.2) is 52.5 Å². The minimum atomic E-state index is -3.87. The Morgan fingerprint density at radius 1 is 1.20 bits per heavy atom. The zero-order valence-electron chi connectivity index (χ0n) is 17.4. The topological polar surface area (TPSA) is 117 Å². The van der Waals surface area contributed by atoms with Crippen molar-refractivity contribution < 1.29 is 23.1 Å². The van der Waals surface area contributed by atoms with Crippen LogP contribution in [0.2, 0.25) is 0 Å². The number of hydrogen-bond donors (Lipinski definition) is 3. The van der Waals surface area contributed by atoms with Crippen molar-refractivity contribution >= 4 is 22.1 Å². The molecule has 8 nitrogen and oxygen atoms in total. The summed E-state index contributed by atoms with van der Waals surface area (Å²) in [6, 6.07) is 10.0. The van der Waals surface area contributed by atoms with Crippen LogP contribution < -0.4 is 14.9 Å². The van der Waals surface area contributed by atoms with Gasteiger partial charge in [-0.15, -0.1) is 0 Å². The molecule has 0 unspecified atom stereocenters. The first-order chi connectivity index (χ1) is 14.1. The fourth-order valence-corrected chi connectivity index (χ4v) is 3.91. The molecule has 30 heavy (non-hydrogen) atoms. The quantitative estimate of drug-likeness (QED) is 0.415. The number of hydrogen-bond acceptors (Lipinski definition) is 6. The third kappa shape index (κ3) is 6.30. The highest BCUT2D eigenvalue weighted by Crippen LogP contribution is 2.26. The van der Waals surface area contributed by atoms with Crippen molar-refractivity contribution in [2.45, 2.75) is 38.6 Å². The second kappa shape index (κ2) is 10.2. The lowest BCUT2D eigenvalue weighted by atomic mass is 10.1. The number of carbonyl (C=O) groups is 1. The van der Waals surface area contributed by atoms with Crippen LogP contribution >= 0.6 is 0 Å². The van der Waals surface area contributed by atoms with Crippen molar-refractivity contribution in [2.75, 3.05) is 6.61 Å². The standard InChI is InChI=1S/C21H27N3O5S/c1-5-29-19-12-16(8-11-18(19)25)13-22-23-21(26)20(14(2)3)24-30(27,28)17-9-6-15(4)7-10-17/h6-14,20,24-25H,5H2,1-4H3,(H,23,26)/b22-13-/t20-/m0/s1. The number of amides is 1. The predicted octanol–water partition coefficient (Wildman–Crippen LogP) is 2.55. The van der Waals surface area contributed by atoms with Crippen LogP contribution in [0, 0.1) is 12.8 Å². The Labute approximate surface area is 177 Å². The molecule has 0 aliphatic rings. The van der Waals surface area contributed by atoms with Gasteiger partial charge in [-0.3, -0.25) is 4.79 Å². The maximum atomic E-state index is 12.6. The van der Waals surface area contributed by atoms with Gasteiger partial charge in [0.1, 0.15) is 6.04 Å². The van der Waals surface area contributed by atoms with Crippen LogP contribution in [0.25, 0.3) is 0 Å². The number of aromatic hydroxyl groups is 1. The maximum absolute atomic E-state index is 12.6. The largest absolute Gasteiger partial charge is 0.504 e. The summed E-state index contributed by atoms with van der Waals surface area (Å²) in [5, 5.41) is 13.6. The van der Waals surface area contributed by atoms with Gasteiger partial charge in [-0.2, -0.15) is 9.82 Å². The fourth-order valence-electron chi connectivity index (χ4n) is 2.57. The minimum absolute atomic E-state index is 0.00317. The lowest BCUT2D eigenvalue weighted by molar-refractivity contribution is -0.123. The SMILES string of the molecule is CCOc1cc(/C=N\NC(=O)[C@@H](NS(=O)(=O)c2ccc(C)cc2)C(C)C)ccc1O. The van der Waals surface area contributed by atoms with Crippen molar-refractivity contribution in [3.8, 4) is 11.5 Å². The zero-order chi connectivity index (χ0) is 22.3. The van der Waals surface area contributed by atoms with E-state index in [1.807, 2.05) is 6.92 Å². The molecule has 2 rings (SSSR count). The molecular weight excluding hydrogens is 406 g/mol. The molecule has 3 N–H and O–H groups in total. The number of rotatable bonds is 9. The molecule has 0 fully saturated rings. The molecule has 162 valence electrons. The maximum Gasteiger partial charge on any atom is 0.258 e. The van der Waals surface area contributed by atoms with E-state index in [1.54, 1.807) is 45.0 Å². The third-order valence-corrected chi connectivity index (χ3v) is 5.69. The Hall–Kier alpha value is -2.91. The van der Waals surface area contributed by atoms with Gasteiger partial charge >= 0.3 is 0 Å². The molecule has 1 atom stereocenters. The number of phenolic OH excluding ortho intramolecular Hbond substituents is 1. The van der Waals surface area contributed by atoms with Gasteiger partial charge in [0.25, 0.3) is 5.91 Å². The van der Waals surface area contributed by atoms with Crippen LogP contribution in [0.3, 0.4) is 0 Å². The number of carbonyl (C=O) groups excluding carboxylic acids is 1. The zero-order valence-corrected chi connectivity index (χ0v) is 18.2. The molecule has 0 radical (unpaired) electrons. The highest BCUT2D eigenvalue weighted by atomic mass is 32.2. The van der Waals surface area contributed by atoms with Crippen LogP contribution in [0.1, 0.15) is 31.9 Å². The van der Waals surface area contributed by atoms with E-state index in [1.165, 1.54) is 24.4 Å². The molecule has 2 aromatic carbocycles. The van der Waals surface area contributed by atoms with E-state index in [4.69, 9.17) is 4.74 Å². The summed E-state index contributed by atoms with van der Waals surface area (Å²) < 4.78 is 33.0. The molecule has 0 saturated heterocycles. The van der Waals surface area contributed by atoms with Crippen molar-refractivity contribution in [1.82, 2.24) is 10.1 Å². The molecule has 0 aromatic heterocycles. The number of hydrazone groups is 1. The monoisotopic (exact) mass is 433 g/mol. The van der Waals surface area contributed by atoms with Crippen LogP contribution in [0.5, 0.6) is 11.5 Å². The molecule has 0 aliphatic heterocycles. The number of sulfonamides is 1. The summed E-state index contributed by atoms with van der Waals surface area (Å²) in [7, 11) is -3.87. The second-order valence-electron chi connectivity index (χ2n) is 7.05. The summed E-state index contributed by atoms with van der Waals surface area (Å²) in [6.45, 7) is 7.52.